The molecule has 6 nitrogen and oxygen atoms in total. The quantitative estimate of drug-likeness (QED) is 0.791. The standard InChI is InChI=1S/C19H21N5O/c1-14-13-24(8-9-25-14)19-7-6-15(11-22-19)10-21-18-12-20-16-4-2-3-5-17(16)23-18/h2-7,11-12,14H,8-10,13H2,1H3,(H,21,23). The molecule has 1 fully saturated rings. The number of pyridine rings is 1. The number of morpholine rings is 1. The van der Waals surface area contributed by atoms with E-state index in [1.54, 1.807) is 6.20 Å². The third-order valence-corrected chi connectivity index (χ3v) is 4.30. The number of rotatable bonds is 4. The van der Waals surface area contributed by atoms with E-state index in [1.807, 2.05) is 30.5 Å². The van der Waals surface area contributed by atoms with Gasteiger partial charge in [0.2, 0.25) is 0 Å². The van der Waals surface area contributed by atoms with Crippen molar-refractivity contribution in [2.24, 2.45) is 0 Å². The van der Waals surface area contributed by atoms with Crippen molar-refractivity contribution in [3.05, 3.63) is 54.4 Å². The lowest BCUT2D eigenvalue weighted by Gasteiger charge is -2.32. The van der Waals surface area contributed by atoms with E-state index in [0.29, 0.717) is 6.54 Å². The minimum atomic E-state index is 0.253. The maximum absolute atomic E-state index is 5.58. The SMILES string of the molecule is CC1CN(c2ccc(CNc3cnc4ccccc4n3)cn2)CCO1. The molecule has 1 aliphatic heterocycles. The van der Waals surface area contributed by atoms with Crippen molar-refractivity contribution in [3.63, 3.8) is 0 Å². The highest BCUT2D eigenvalue weighted by molar-refractivity contribution is 5.75. The fourth-order valence-electron chi connectivity index (χ4n) is 2.97. The zero-order chi connectivity index (χ0) is 17.1. The highest BCUT2D eigenvalue weighted by atomic mass is 16.5. The largest absolute Gasteiger partial charge is 0.375 e. The van der Waals surface area contributed by atoms with Gasteiger partial charge in [0.05, 0.1) is 29.9 Å². The number of hydrogen-bond donors (Lipinski definition) is 1. The molecule has 3 heterocycles. The second-order valence-corrected chi connectivity index (χ2v) is 6.25. The average Bonchev–Trinajstić information content (AvgIpc) is 2.66. The van der Waals surface area contributed by atoms with Crippen LogP contribution in [0.4, 0.5) is 11.6 Å². The third kappa shape index (κ3) is 3.69. The third-order valence-electron chi connectivity index (χ3n) is 4.30. The zero-order valence-corrected chi connectivity index (χ0v) is 14.2. The van der Waals surface area contributed by atoms with E-state index in [9.17, 15) is 0 Å². The van der Waals surface area contributed by atoms with Crippen LogP contribution in [-0.2, 0) is 11.3 Å². The Bertz CT molecular complexity index is 852. The van der Waals surface area contributed by atoms with E-state index < -0.39 is 0 Å². The van der Waals surface area contributed by atoms with Crippen LogP contribution in [0.5, 0.6) is 0 Å². The molecule has 0 spiro atoms. The Morgan fingerprint density at radius 1 is 1.12 bits per heavy atom. The van der Waals surface area contributed by atoms with Crippen molar-refractivity contribution < 1.29 is 4.74 Å². The molecule has 0 saturated carbocycles. The van der Waals surface area contributed by atoms with Crippen LogP contribution < -0.4 is 10.2 Å². The highest BCUT2D eigenvalue weighted by Gasteiger charge is 2.17. The molecule has 0 aliphatic carbocycles. The number of para-hydroxylation sites is 2. The summed E-state index contributed by atoms with van der Waals surface area (Å²) in [6.45, 7) is 5.29. The summed E-state index contributed by atoms with van der Waals surface area (Å²) in [4.78, 5) is 15.8. The Morgan fingerprint density at radius 2 is 2.00 bits per heavy atom. The fourth-order valence-corrected chi connectivity index (χ4v) is 2.97. The van der Waals surface area contributed by atoms with Gasteiger partial charge in [-0.2, -0.15) is 0 Å². The van der Waals surface area contributed by atoms with Gasteiger partial charge in [-0.25, -0.2) is 9.97 Å². The van der Waals surface area contributed by atoms with Crippen LogP contribution >= 0.6 is 0 Å². The molecule has 2 aromatic heterocycles. The molecule has 1 N–H and O–H groups in total. The summed E-state index contributed by atoms with van der Waals surface area (Å²) in [5.41, 5.74) is 2.90. The van der Waals surface area contributed by atoms with Gasteiger partial charge in [-0.15, -0.1) is 0 Å². The second-order valence-electron chi connectivity index (χ2n) is 6.25. The highest BCUT2D eigenvalue weighted by Crippen LogP contribution is 2.16. The minimum Gasteiger partial charge on any atom is -0.375 e. The molecule has 6 heteroatoms. The van der Waals surface area contributed by atoms with Crippen LogP contribution in [0.2, 0.25) is 0 Å². The first-order valence-electron chi connectivity index (χ1n) is 8.55. The summed E-state index contributed by atoms with van der Waals surface area (Å²) in [7, 11) is 0. The Hall–Kier alpha value is -2.73. The Morgan fingerprint density at radius 3 is 2.80 bits per heavy atom. The van der Waals surface area contributed by atoms with Gasteiger partial charge in [-0.05, 0) is 30.7 Å². The van der Waals surface area contributed by atoms with Gasteiger partial charge in [0, 0.05) is 25.8 Å². The zero-order valence-electron chi connectivity index (χ0n) is 14.2. The molecular formula is C19H21N5O. The lowest BCUT2D eigenvalue weighted by Crippen LogP contribution is -2.41. The number of nitrogens with zero attached hydrogens (tertiary/aromatic N) is 4. The molecule has 1 atom stereocenters. The van der Waals surface area contributed by atoms with Crippen LogP contribution in [0, 0.1) is 0 Å². The number of nitrogens with one attached hydrogen (secondary N) is 1. The van der Waals surface area contributed by atoms with Crippen molar-refractivity contribution in [1.29, 1.82) is 0 Å². The Kier molecular flexibility index (Phi) is 4.43. The van der Waals surface area contributed by atoms with Crippen molar-refractivity contribution >= 4 is 22.7 Å². The predicted molar refractivity (Wildman–Crippen MR) is 98.7 cm³/mol. The van der Waals surface area contributed by atoms with E-state index in [0.717, 1.165) is 47.9 Å². The Balaban J connectivity index is 1.40. The molecular weight excluding hydrogens is 314 g/mol. The number of hydrogen-bond acceptors (Lipinski definition) is 6. The molecule has 0 radical (unpaired) electrons. The first-order chi connectivity index (χ1) is 12.3. The minimum absolute atomic E-state index is 0.253. The first-order valence-corrected chi connectivity index (χ1v) is 8.55. The molecule has 1 saturated heterocycles. The van der Waals surface area contributed by atoms with E-state index >= 15 is 0 Å². The first kappa shape index (κ1) is 15.8. The number of aromatic nitrogens is 3. The van der Waals surface area contributed by atoms with E-state index in [-0.39, 0.29) is 6.10 Å². The fraction of sp³-hybridized carbons (Fsp3) is 0.316. The van der Waals surface area contributed by atoms with Gasteiger partial charge in [-0.1, -0.05) is 18.2 Å². The van der Waals surface area contributed by atoms with E-state index in [4.69, 9.17) is 4.74 Å². The molecule has 4 rings (SSSR count). The summed E-state index contributed by atoms with van der Waals surface area (Å²) in [5.74, 6) is 1.77. The molecule has 0 bridgehead atoms. The van der Waals surface area contributed by atoms with Gasteiger partial charge in [0.15, 0.2) is 0 Å². The van der Waals surface area contributed by atoms with Crippen LogP contribution in [-0.4, -0.2) is 40.8 Å². The number of fused-ring (bicyclic) bond motifs is 1. The summed E-state index contributed by atoms with van der Waals surface area (Å²) < 4.78 is 5.58. The van der Waals surface area contributed by atoms with E-state index in [1.165, 1.54) is 0 Å². The topological polar surface area (TPSA) is 63.2 Å². The lowest BCUT2D eigenvalue weighted by atomic mass is 10.2. The molecule has 25 heavy (non-hydrogen) atoms. The van der Waals surface area contributed by atoms with Crippen molar-refractivity contribution in [3.8, 4) is 0 Å². The van der Waals surface area contributed by atoms with Crippen molar-refractivity contribution in [2.75, 3.05) is 29.9 Å². The van der Waals surface area contributed by atoms with Crippen LogP contribution in [0.15, 0.2) is 48.8 Å². The van der Waals surface area contributed by atoms with E-state index in [2.05, 4.69) is 44.2 Å². The smallest absolute Gasteiger partial charge is 0.145 e. The summed E-state index contributed by atoms with van der Waals surface area (Å²) in [6, 6.07) is 12.0. The van der Waals surface area contributed by atoms with Crippen LogP contribution in [0.25, 0.3) is 11.0 Å². The second kappa shape index (κ2) is 7.03. The van der Waals surface area contributed by atoms with Gasteiger partial charge in [0.25, 0.3) is 0 Å². The normalized spacial score (nSPS) is 17.6. The molecule has 0 amide bonds. The van der Waals surface area contributed by atoms with Crippen molar-refractivity contribution in [2.45, 2.75) is 19.6 Å². The molecule has 1 aromatic carbocycles. The van der Waals surface area contributed by atoms with Crippen LogP contribution in [0.1, 0.15) is 12.5 Å². The monoisotopic (exact) mass is 335 g/mol. The summed E-state index contributed by atoms with van der Waals surface area (Å²) in [6.07, 6.45) is 3.93. The number of benzene rings is 1. The summed E-state index contributed by atoms with van der Waals surface area (Å²) in [5, 5.41) is 3.31. The Labute approximate surface area is 146 Å². The molecule has 3 aromatic rings. The average molecular weight is 335 g/mol. The summed E-state index contributed by atoms with van der Waals surface area (Å²) >= 11 is 0. The van der Waals surface area contributed by atoms with Gasteiger partial charge < -0.3 is 15.0 Å². The predicted octanol–water partition coefficient (Wildman–Crippen LogP) is 2.86. The van der Waals surface area contributed by atoms with Gasteiger partial charge in [0.1, 0.15) is 11.6 Å². The lowest BCUT2D eigenvalue weighted by molar-refractivity contribution is 0.0529. The number of ether oxygens (including phenoxy) is 1. The van der Waals surface area contributed by atoms with Gasteiger partial charge >= 0.3 is 0 Å². The molecule has 128 valence electrons. The molecule has 1 aliphatic rings. The van der Waals surface area contributed by atoms with Gasteiger partial charge in [-0.3, -0.25) is 4.98 Å². The van der Waals surface area contributed by atoms with Crippen molar-refractivity contribution in [1.82, 2.24) is 15.0 Å². The molecule has 1 unspecified atom stereocenters. The van der Waals surface area contributed by atoms with Crippen LogP contribution in [0.3, 0.4) is 0 Å². The number of anilines is 2. The maximum Gasteiger partial charge on any atom is 0.145 e. The maximum atomic E-state index is 5.58.